The molecular formula is C32H20N2O. The minimum atomic E-state index is -0.0462. The van der Waals surface area contributed by atoms with Crippen LogP contribution in [0.2, 0.25) is 0 Å². The van der Waals surface area contributed by atoms with Crippen LogP contribution in [0.15, 0.2) is 126 Å². The predicted molar refractivity (Wildman–Crippen MR) is 145 cm³/mol. The zero-order valence-corrected chi connectivity index (χ0v) is 18.8. The molecule has 0 radical (unpaired) electrons. The van der Waals surface area contributed by atoms with E-state index in [-0.39, 0.29) is 5.56 Å². The molecule has 3 heteroatoms. The lowest BCUT2D eigenvalue weighted by Crippen LogP contribution is -2.16. The molecule has 164 valence electrons. The minimum absolute atomic E-state index is 0.0462. The van der Waals surface area contributed by atoms with Crippen LogP contribution in [-0.4, -0.2) is 9.38 Å². The van der Waals surface area contributed by atoms with Gasteiger partial charge in [0, 0.05) is 10.8 Å². The van der Waals surface area contributed by atoms with Gasteiger partial charge >= 0.3 is 0 Å². The van der Waals surface area contributed by atoms with Crippen molar-refractivity contribution in [2.45, 2.75) is 0 Å². The van der Waals surface area contributed by atoms with E-state index < -0.39 is 0 Å². The third-order valence-corrected chi connectivity index (χ3v) is 6.78. The Kier molecular flexibility index (Phi) is 4.30. The molecule has 0 bridgehead atoms. The number of nitrogens with zero attached hydrogens (tertiary/aromatic N) is 2. The van der Waals surface area contributed by atoms with Gasteiger partial charge in [0.2, 0.25) is 0 Å². The topological polar surface area (TPSA) is 34.4 Å². The van der Waals surface area contributed by atoms with E-state index in [4.69, 9.17) is 4.98 Å². The standard InChI is InChI=1S/C32H20N2O/c35-32-26-13-7-8-14-29(26)33-31-28-20-23(21-9-3-1-4-10-21)15-17-25(28)27-19-24(16-18-30(27)34(31)32)22-11-5-2-6-12-22/h1-20H. The van der Waals surface area contributed by atoms with Gasteiger partial charge in [0.1, 0.15) is 5.65 Å². The molecule has 0 amide bonds. The lowest BCUT2D eigenvalue weighted by molar-refractivity contribution is 1.14. The highest BCUT2D eigenvalue weighted by Crippen LogP contribution is 2.34. The molecule has 0 saturated carbocycles. The van der Waals surface area contributed by atoms with E-state index >= 15 is 0 Å². The first-order valence-corrected chi connectivity index (χ1v) is 11.7. The summed E-state index contributed by atoms with van der Waals surface area (Å²) in [5.74, 6) is 0. The molecule has 35 heavy (non-hydrogen) atoms. The van der Waals surface area contributed by atoms with Crippen LogP contribution in [-0.2, 0) is 0 Å². The molecule has 0 N–H and O–H groups in total. The van der Waals surface area contributed by atoms with Crippen LogP contribution in [0.1, 0.15) is 0 Å². The van der Waals surface area contributed by atoms with Crippen molar-refractivity contribution in [1.29, 1.82) is 0 Å². The van der Waals surface area contributed by atoms with E-state index in [0.29, 0.717) is 16.6 Å². The zero-order chi connectivity index (χ0) is 23.4. The van der Waals surface area contributed by atoms with Gasteiger partial charge in [-0.1, -0.05) is 91.0 Å². The van der Waals surface area contributed by atoms with Gasteiger partial charge in [-0.25, -0.2) is 4.98 Å². The molecule has 0 aliphatic carbocycles. The molecule has 0 saturated heterocycles. The largest absolute Gasteiger partial charge is 0.268 e. The molecule has 3 nitrogen and oxygen atoms in total. The number of pyridine rings is 1. The van der Waals surface area contributed by atoms with Crippen molar-refractivity contribution in [2.75, 3.05) is 0 Å². The van der Waals surface area contributed by atoms with Gasteiger partial charge in [0.05, 0.1) is 16.4 Å². The average molecular weight is 449 g/mol. The molecule has 7 aromatic rings. The van der Waals surface area contributed by atoms with Crippen molar-refractivity contribution in [3.63, 3.8) is 0 Å². The van der Waals surface area contributed by atoms with E-state index in [1.54, 1.807) is 4.40 Å². The molecule has 2 heterocycles. The molecule has 7 rings (SSSR count). The fourth-order valence-corrected chi connectivity index (χ4v) is 5.07. The molecule has 0 fully saturated rings. The number of rotatable bonds is 2. The van der Waals surface area contributed by atoms with E-state index in [1.165, 1.54) is 0 Å². The number of aromatic nitrogens is 2. The maximum atomic E-state index is 13.8. The quantitative estimate of drug-likeness (QED) is 0.203. The molecule has 0 spiro atoms. The maximum Gasteiger partial charge on any atom is 0.266 e. The summed E-state index contributed by atoms with van der Waals surface area (Å²) in [7, 11) is 0. The smallest absolute Gasteiger partial charge is 0.266 e. The summed E-state index contributed by atoms with van der Waals surface area (Å²) in [6.45, 7) is 0. The Hall–Kier alpha value is -4.76. The average Bonchev–Trinajstić information content (AvgIpc) is 2.93. The fraction of sp³-hybridized carbons (Fsp3) is 0. The monoisotopic (exact) mass is 448 g/mol. The van der Waals surface area contributed by atoms with Gasteiger partial charge in [-0.05, 0) is 58.0 Å². The summed E-state index contributed by atoms with van der Waals surface area (Å²) in [4.78, 5) is 18.8. The lowest BCUT2D eigenvalue weighted by Gasteiger charge is -2.14. The second kappa shape index (κ2) is 7.64. The Labute approximate surface area is 201 Å². The maximum absolute atomic E-state index is 13.8. The number of hydrogen-bond donors (Lipinski definition) is 0. The van der Waals surface area contributed by atoms with Crippen LogP contribution >= 0.6 is 0 Å². The third kappa shape index (κ3) is 3.06. The molecule has 0 unspecified atom stereocenters. The van der Waals surface area contributed by atoms with Gasteiger partial charge in [-0.15, -0.1) is 0 Å². The Morgan fingerprint density at radius 1 is 0.486 bits per heavy atom. The van der Waals surface area contributed by atoms with Crippen LogP contribution in [0.4, 0.5) is 0 Å². The Morgan fingerprint density at radius 3 is 1.80 bits per heavy atom. The Bertz CT molecular complexity index is 1960. The summed E-state index contributed by atoms with van der Waals surface area (Å²) in [6.07, 6.45) is 0. The molecule has 0 aliphatic rings. The predicted octanol–water partition coefficient (Wildman–Crippen LogP) is 7.49. The van der Waals surface area contributed by atoms with Crippen molar-refractivity contribution >= 4 is 38.2 Å². The molecular weight excluding hydrogens is 428 g/mol. The number of hydrogen-bond acceptors (Lipinski definition) is 2. The van der Waals surface area contributed by atoms with Gasteiger partial charge in [-0.3, -0.25) is 9.20 Å². The normalized spacial score (nSPS) is 11.5. The van der Waals surface area contributed by atoms with Crippen molar-refractivity contribution in [1.82, 2.24) is 9.38 Å². The summed E-state index contributed by atoms with van der Waals surface area (Å²) in [5, 5.41) is 3.70. The first-order chi connectivity index (χ1) is 17.3. The third-order valence-electron chi connectivity index (χ3n) is 6.78. The second-order valence-corrected chi connectivity index (χ2v) is 8.82. The SMILES string of the molecule is O=c1c2ccccc2nc2c3cc(-c4ccccc4)ccc3c3cc(-c4ccccc4)ccc3n12. The number of benzene rings is 5. The molecule has 0 aliphatic heterocycles. The number of para-hydroxylation sites is 1. The Balaban J connectivity index is 1.67. The minimum Gasteiger partial charge on any atom is -0.268 e. The fourth-order valence-electron chi connectivity index (χ4n) is 5.07. The van der Waals surface area contributed by atoms with Crippen molar-refractivity contribution < 1.29 is 0 Å². The van der Waals surface area contributed by atoms with Gasteiger partial charge in [0.15, 0.2) is 0 Å². The van der Waals surface area contributed by atoms with Gasteiger partial charge < -0.3 is 0 Å². The lowest BCUT2D eigenvalue weighted by atomic mass is 9.97. The summed E-state index contributed by atoms with van der Waals surface area (Å²) < 4.78 is 1.78. The van der Waals surface area contributed by atoms with Crippen molar-refractivity contribution in [3.05, 3.63) is 132 Å². The zero-order valence-electron chi connectivity index (χ0n) is 18.8. The van der Waals surface area contributed by atoms with Crippen LogP contribution in [0.3, 0.4) is 0 Å². The highest BCUT2D eigenvalue weighted by Gasteiger charge is 2.15. The van der Waals surface area contributed by atoms with Crippen molar-refractivity contribution in [2.24, 2.45) is 0 Å². The van der Waals surface area contributed by atoms with Gasteiger partial charge in [-0.2, -0.15) is 0 Å². The van der Waals surface area contributed by atoms with Crippen LogP contribution in [0.25, 0.3) is 60.5 Å². The highest BCUT2D eigenvalue weighted by atomic mass is 16.1. The van der Waals surface area contributed by atoms with E-state index in [2.05, 4.69) is 54.6 Å². The van der Waals surface area contributed by atoms with Gasteiger partial charge in [0.25, 0.3) is 5.56 Å². The van der Waals surface area contributed by atoms with Crippen molar-refractivity contribution in [3.8, 4) is 22.3 Å². The summed E-state index contributed by atoms with van der Waals surface area (Å²) >= 11 is 0. The summed E-state index contributed by atoms with van der Waals surface area (Å²) in [5.41, 5.74) is 6.71. The van der Waals surface area contributed by atoms with E-state index in [0.717, 1.165) is 43.9 Å². The van der Waals surface area contributed by atoms with Crippen LogP contribution in [0.5, 0.6) is 0 Å². The number of fused-ring (bicyclic) bond motifs is 7. The first-order valence-electron chi connectivity index (χ1n) is 11.7. The van der Waals surface area contributed by atoms with E-state index in [1.807, 2.05) is 66.7 Å². The highest BCUT2D eigenvalue weighted by molar-refractivity contribution is 6.14. The van der Waals surface area contributed by atoms with E-state index in [9.17, 15) is 4.79 Å². The Morgan fingerprint density at radius 2 is 1.09 bits per heavy atom. The molecule has 5 aromatic carbocycles. The first kappa shape index (κ1) is 19.7. The molecule has 2 aromatic heterocycles. The summed E-state index contributed by atoms with van der Waals surface area (Å²) in [6, 6.07) is 41.0. The molecule has 0 atom stereocenters. The second-order valence-electron chi connectivity index (χ2n) is 8.82. The van der Waals surface area contributed by atoms with Crippen LogP contribution in [0, 0.1) is 0 Å². The van der Waals surface area contributed by atoms with Crippen LogP contribution < -0.4 is 5.56 Å².